The molecule has 0 bridgehead atoms. The molecule has 0 atom stereocenters. The number of nitrogens with one attached hydrogen (secondary N) is 2. The molecule has 0 radical (unpaired) electrons. The molecule has 0 amide bonds. The van der Waals surface area contributed by atoms with Gasteiger partial charge in [-0.2, -0.15) is 0 Å². The number of anilines is 2. The van der Waals surface area contributed by atoms with Gasteiger partial charge in [0.05, 0.1) is 4.92 Å². The van der Waals surface area contributed by atoms with E-state index in [0.29, 0.717) is 12.4 Å². The quantitative estimate of drug-likeness (QED) is 0.428. The summed E-state index contributed by atoms with van der Waals surface area (Å²) in [5.41, 5.74) is 4.56. The molecule has 110 valence electrons. The molecule has 0 aliphatic carbocycles. The van der Waals surface area contributed by atoms with E-state index in [4.69, 9.17) is 5.84 Å². The number of aryl methyl sites for hydroxylation is 1. The number of hydrogen-bond donors (Lipinski definition) is 3. The molecule has 0 fully saturated rings. The van der Waals surface area contributed by atoms with E-state index >= 15 is 0 Å². The normalized spacial score (nSPS) is 10.2. The van der Waals surface area contributed by atoms with Crippen molar-refractivity contribution in [3.05, 3.63) is 57.6 Å². The van der Waals surface area contributed by atoms with Gasteiger partial charge in [-0.05, 0) is 23.6 Å². The Bertz CT molecular complexity index is 628. The van der Waals surface area contributed by atoms with E-state index in [2.05, 4.69) is 22.7 Å². The van der Waals surface area contributed by atoms with Crippen LogP contribution in [0.2, 0.25) is 0 Å². The number of benzene rings is 1. The SMILES string of the molecule is CCc1ccc(CNc2nc(NN)ccc2[N+](=O)[O-])cc1. The fourth-order valence-corrected chi connectivity index (χ4v) is 1.89. The molecule has 0 unspecified atom stereocenters. The summed E-state index contributed by atoms with van der Waals surface area (Å²) in [5.74, 6) is 5.83. The molecule has 1 aromatic heterocycles. The van der Waals surface area contributed by atoms with E-state index in [-0.39, 0.29) is 11.5 Å². The Hall–Kier alpha value is -2.67. The van der Waals surface area contributed by atoms with Crippen molar-refractivity contribution in [1.29, 1.82) is 0 Å². The van der Waals surface area contributed by atoms with Crippen molar-refractivity contribution in [2.45, 2.75) is 19.9 Å². The molecule has 0 aliphatic heterocycles. The first-order chi connectivity index (χ1) is 10.1. The van der Waals surface area contributed by atoms with Crippen LogP contribution in [0.25, 0.3) is 0 Å². The van der Waals surface area contributed by atoms with Crippen molar-refractivity contribution in [1.82, 2.24) is 4.98 Å². The van der Waals surface area contributed by atoms with E-state index in [1.807, 2.05) is 24.3 Å². The van der Waals surface area contributed by atoms with Crippen molar-refractivity contribution >= 4 is 17.3 Å². The number of pyridine rings is 1. The van der Waals surface area contributed by atoms with Gasteiger partial charge in [0.25, 0.3) is 0 Å². The van der Waals surface area contributed by atoms with Crippen LogP contribution in [-0.4, -0.2) is 9.91 Å². The van der Waals surface area contributed by atoms with Gasteiger partial charge in [-0.25, -0.2) is 10.8 Å². The zero-order valence-corrected chi connectivity index (χ0v) is 11.7. The molecular weight excluding hydrogens is 270 g/mol. The number of nitrogens with zero attached hydrogens (tertiary/aromatic N) is 2. The summed E-state index contributed by atoms with van der Waals surface area (Å²) < 4.78 is 0. The molecule has 2 aromatic rings. The highest BCUT2D eigenvalue weighted by Crippen LogP contribution is 2.24. The second-order valence-electron chi connectivity index (χ2n) is 4.49. The average molecular weight is 287 g/mol. The first-order valence-corrected chi connectivity index (χ1v) is 6.57. The Balaban J connectivity index is 2.15. The Morgan fingerprint density at radius 1 is 1.19 bits per heavy atom. The van der Waals surface area contributed by atoms with Crippen molar-refractivity contribution in [2.75, 3.05) is 10.7 Å². The van der Waals surface area contributed by atoms with E-state index in [1.165, 1.54) is 17.7 Å². The summed E-state index contributed by atoms with van der Waals surface area (Å²) >= 11 is 0. The molecule has 0 aliphatic rings. The highest BCUT2D eigenvalue weighted by atomic mass is 16.6. The lowest BCUT2D eigenvalue weighted by atomic mass is 10.1. The lowest BCUT2D eigenvalue weighted by Crippen LogP contribution is -2.11. The Kier molecular flexibility index (Phi) is 4.68. The summed E-state index contributed by atoms with van der Waals surface area (Å²) in [5, 5.41) is 14.0. The van der Waals surface area contributed by atoms with E-state index in [0.717, 1.165) is 12.0 Å². The van der Waals surface area contributed by atoms with Crippen LogP contribution in [0.3, 0.4) is 0 Å². The van der Waals surface area contributed by atoms with Gasteiger partial charge in [0.1, 0.15) is 5.82 Å². The largest absolute Gasteiger partial charge is 0.360 e. The van der Waals surface area contributed by atoms with Gasteiger partial charge in [-0.3, -0.25) is 10.1 Å². The third-order valence-electron chi connectivity index (χ3n) is 3.11. The lowest BCUT2D eigenvalue weighted by Gasteiger charge is -2.08. The third kappa shape index (κ3) is 3.67. The minimum atomic E-state index is -0.476. The first-order valence-electron chi connectivity index (χ1n) is 6.57. The summed E-state index contributed by atoms with van der Waals surface area (Å²) in [4.78, 5) is 14.6. The van der Waals surface area contributed by atoms with Gasteiger partial charge in [-0.1, -0.05) is 31.2 Å². The topological polar surface area (TPSA) is 106 Å². The van der Waals surface area contributed by atoms with Crippen LogP contribution in [0.1, 0.15) is 18.1 Å². The molecule has 4 N–H and O–H groups in total. The molecule has 0 saturated heterocycles. The Morgan fingerprint density at radius 3 is 2.43 bits per heavy atom. The van der Waals surface area contributed by atoms with Crippen LogP contribution >= 0.6 is 0 Å². The number of aromatic nitrogens is 1. The maximum absolute atomic E-state index is 11.0. The fraction of sp³-hybridized carbons (Fsp3) is 0.214. The highest BCUT2D eigenvalue weighted by molar-refractivity contribution is 5.60. The summed E-state index contributed by atoms with van der Waals surface area (Å²) in [6.45, 7) is 2.54. The third-order valence-corrected chi connectivity index (χ3v) is 3.11. The second kappa shape index (κ2) is 6.67. The molecule has 2 rings (SSSR count). The number of rotatable bonds is 6. The summed E-state index contributed by atoms with van der Waals surface area (Å²) in [7, 11) is 0. The van der Waals surface area contributed by atoms with E-state index in [9.17, 15) is 10.1 Å². The lowest BCUT2D eigenvalue weighted by molar-refractivity contribution is -0.384. The Labute approximate surface area is 122 Å². The molecule has 1 aromatic carbocycles. The number of nitrogen functional groups attached to an aromatic ring is 1. The predicted molar refractivity (Wildman–Crippen MR) is 81.8 cm³/mol. The van der Waals surface area contributed by atoms with E-state index < -0.39 is 4.92 Å². The molecule has 7 heteroatoms. The van der Waals surface area contributed by atoms with Crippen LogP contribution < -0.4 is 16.6 Å². The Morgan fingerprint density at radius 2 is 1.86 bits per heavy atom. The van der Waals surface area contributed by atoms with Gasteiger partial charge in [-0.15, -0.1) is 0 Å². The van der Waals surface area contributed by atoms with Gasteiger partial charge < -0.3 is 10.7 Å². The zero-order chi connectivity index (χ0) is 15.2. The molecule has 0 saturated carbocycles. The van der Waals surface area contributed by atoms with Gasteiger partial charge in [0.15, 0.2) is 0 Å². The fourth-order valence-electron chi connectivity index (χ4n) is 1.89. The molecule has 1 heterocycles. The van der Waals surface area contributed by atoms with Crippen molar-refractivity contribution < 1.29 is 4.92 Å². The maximum Gasteiger partial charge on any atom is 0.311 e. The molecular formula is C14H17N5O2. The van der Waals surface area contributed by atoms with Crippen LogP contribution in [0, 0.1) is 10.1 Å². The molecule has 7 nitrogen and oxygen atoms in total. The zero-order valence-electron chi connectivity index (χ0n) is 11.7. The smallest absolute Gasteiger partial charge is 0.311 e. The van der Waals surface area contributed by atoms with Gasteiger partial charge in [0, 0.05) is 12.6 Å². The summed E-state index contributed by atoms with van der Waals surface area (Å²) in [6, 6.07) is 10.9. The monoisotopic (exact) mass is 287 g/mol. The van der Waals surface area contributed by atoms with Crippen molar-refractivity contribution in [3.63, 3.8) is 0 Å². The maximum atomic E-state index is 11.0. The first kappa shape index (κ1) is 14.7. The number of hydrogen-bond acceptors (Lipinski definition) is 6. The minimum absolute atomic E-state index is 0.0841. The number of hydrazine groups is 1. The molecule has 21 heavy (non-hydrogen) atoms. The second-order valence-corrected chi connectivity index (χ2v) is 4.49. The van der Waals surface area contributed by atoms with Crippen molar-refractivity contribution in [2.24, 2.45) is 5.84 Å². The van der Waals surface area contributed by atoms with Crippen LogP contribution in [0.15, 0.2) is 36.4 Å². The van der Waals surface area contributed by atoms with Crippen LogP contribution in [-0.2, 0) is 13.0 Å². The van der Waals surface area contributed by atoms with Crippen LogP contribution in [0.5, 0.6) is 0 Å². The van der Waals surface area contributed by atoms with Crippen molar-refractivity contribution in [3.8, 4) is 0 Å². The van der Waals surface area contributed by atoms with Crippen LogP contribution in [0.4, 0.5) is 17.3 Å². The highest BCUT2D eigenvalue weighted by Gasteiger charge is 2.15. The van der Waals surface area contributed by atoms with Gasteiger partial charge in [0.2, 0.25) is 5.82 Å². The minimum Gasteiger partial charge on any atom is -0.360 e. The van der Waals surface area contributed by atoms with Gasteiger partial charge >= 0.3 is 5.69 Å². The average Bonchev–Trinajstić information content (AvgIpc) is 2.52. The predicted octanol–water partition coefficient (Wildman–Crippen LogP) is 2.45. The van der Waals surface area contributed by atoms with E-state index in [1.54, 1.807) is 0 Å². The standard InChI is InChI=1S/C14H17N5O2/c1-2-10-3-5-11(6-4-10)9-16-14-12(19(20)21)7-8-13(17-14)18-15/h3-8H,2,9,15H2,1H3,(H2,16,17,18). The number of nitrogens with two attached hydrogens (primary N) is 1. The summed E-state index contributed by atoms with van der Waals surface area (Å²) in [6.07, 6.45) is 0.977. The number of nitro groups is 1. The molecule has 0 spiro atoms.